The number of aromatic nitrogens is 2. The quantitative estimate of drug-likeness (QED) is 0.695. The number of alkyl halides is 4. The van der Waals surface area contributed by atoms with Crippen molar-refractivity contribution in [3.05, 3.63) is 16.4 Å². The monoisotopic (exact) mass is 216 g/mol. The van der Waals surface area contributed by atoms with E-state index >= 15 is 0 Å². The Balaban J connectivity index is 3.22. The first-order valence-corrected chi connectivity index (χ1v) is 3.61. The average molecular weight is 217 g/mol. The lowest BCUT2D eigenvalue weighted by Crippen LogP contribution is -1.98. The standard InChI is InChI=1S/C6H5ClF4N2/c1-13-4(6(10)11)2(7)3(12-13)5(8)9/h5-6H,1H3. The van der Waals surface area contributed by atoms with Crippen LogP contribution < -0.4 is 0 Å². The molecule has 0 bridgehead atoms. The Morgan fingerprint density at radius 3 is 2.00 bits per heavy atom. The van der Waals surface area contributed by atoms with Crippen molar-refractivity contribution >= 4 is 11.6 Å². The molecular formula is C6H5ClF4N2. The smallest absolute Gasteiger partial charge is 0.265 e. The maximum Gasteiger partial charge on any atom is 0.283 e. The van der Waals surface area contributed by atoms with Gasteiger partial charge in [-0.15, -0.1) is 0 Å². The highest BCUT2D eigenvalue weighted by Crippen LogP contribution is 2.33. The Hall–Kier alpha value is -0.780. The summed E-state index contributed by atoms with van der Waals surface area (Å²) in [5.41, 5.74) is -1.49. The molecule has 0 aromatic carbocycles. The Kier molecular flexibility index (Phi) is 2.80. The molecule has 13 heavy (non-hydrogen) atoms. The molecule has 2 nitrogen and oxygen atoms in total. The van der Waals surface area contributed by atoms with E-state index in [1.165, 1.54) is 0 Å². The van der Waals surface area contributed by atoms with E-state index in [0.717, 1.165) is 7.05 Å². The molecule has 0 saturated heterocycles. The van der Waals surface area contributed by atoms with E-state index in [-0.39, 0.29) is 0 Å². The van der Waals surface area contributed by atoms with Crippen molar-refractivity contribution < 1.29 is 17.6 Å². The van der Waals surface area contributed by atoms with Crippen molar-refractivity contribution in [2.24, 2.45) is 7.05 Å². The summed E-state index contributed by atoms with van der Waals surface area (Å²) in [6.07, 6.45) is -5.84. The van der Waals surface area contributed by atoms with Crippen molar-refractivity contribution in [3.8, 4) is 0 Å². The van der Waals surface area contributed by atoms with Crippen LogP contribution in [-0.2, 0) is 7.05 Å². The average Bonchev–Trinajstić information content (AvgIpc) is 2.26. The van der Waals surface area contributed by atoms with E-state index in [0.29, 0.717) is 4.68 Å². The predicted molar refractivity (Wildman–Crippen MR) is 38.1 cm³/mol. The van der Waals surface area contributed by atoms with Crippen LogP contribution in [0, 0.1) is 0 Å². The minimum absolute atomic E-state index is 0.660. The van der Waals surface area contributed by atoms with Crippen molar-refractivity contribution in [3.63, 3.8) is 0 Å². The molecular weight excluding hydrogens is 212 g/mol. The summed E-state index contributed by atoms with van der Waals surface area (Å²) in [6.45, 7) is 0. The van der Waals surface area contributed by atoms with E-state index in [1.807, 2.05) is 0 Å². The summed E-state index contributed by atoms with van der Waals surface area (Å²) in [7, 11) is 1.14. The molecule has 0 N–H and O–H groups in total. The van der Waals surface area contributed by atoms with Crippen LogP contribution in [0.1, 0.15) is 24.2 Å². The third-order valence-corrected chi connectivity index (χ3v) is 1.86. The molecule has 0 aliphatic carbocycles. The predicted octanol–water partition coefficient (Wildman–Crippen LogP) is 2.95. The fourth-order valence-corrected chi connectivity index (χ4v) is 1.23. The van der Waals surface area contributed by atoms with Crippen molar-refractivity contribution in [1.82, 2.24) is 9.78 Å². The highest BCUT2D eigenvalue weighted by molar-refractivity contribution is 6.32. The summed E-state index contributed by atoms with van der Waals surface area (Å²) in [4.78, 5) is 0. The first-order valence-electron chi connectivity index (χ1n) is 3.23. The molecule has 0 spiro atoms. The van der Waals surface area contributed by atoms with Gasteiger partial charge in [0.05, 0.1) is 5.02 Å². The first kappa shape index (κ1) is 10.3. The second kappa shape index (κ2) is 3.53. The fourth-order valence-electron chi connectivity index (χ4n) is 0.909. The zero-order valence-corrected chi connectivity index (χ0v) is 7.19. The Morgan fingerprint density at radius 2 is 1.77 bits per heavy atom. The third kappa shape index (κ3) is 1.77. The number of hydrogen-bond donors (Lipinski definition) is 0. The molecule has 1 aromatic heterocycles. The lowest BCUT2D eigenvalue weighted by atomic mass is 10.3. The van der Waals surface area contributed by atoms with Crippen LogP contribution in [0.5, 0.6) is 0 Å². The van der Waals surface area contributed by atoms with Crippen molar-refractivity contribution in [1.29, 1.82) is 0 Å². The van der Waals surface area contributed by atoms with Crippen LogP contribution >= 0.6 is 11.6 Å². The van der Waals surface area contributed by atoms with Crippen LogP contribution in [0.4, 0.5) is 17.6 Å². The molecule has 0 unspecified atom stereocenters. The molecule has 0 amide bonds. The van der Waals surface area contributed by atoms with Crippen LogP contribution in [0.3, 0.4) is 0 Å². The zero-order chi connectivity index (χ0) is 10.2. The second-order valence-electron chi connectivity index (χ2n) is 2.31. The van der Waals surface area contributed by atoms with Gasteiger partial charge < -0.3 is 0 Å². The van der Waals surface area contributed by atoms with Crippen molar-refractivity contribution in [2.75, 3.05) is 0 Å². The summed E-state index contributed by atoms with van der Waals surface area (Å²) in [6, 6.07) is 0. The van der Waals surface area contributed by atoms with E-state index < -0.39 is 29.3 Å². The molecule has 7 heteroatoms. The van der Waals surface area contributed by atoms with Gasteiger partial charge in [0.1, 0.15) is 11.4 Å². The van der Waals surface area contributed by atoms with E-state index in [1.54, 1.807) is 0 Å². The Bertz CT molecular complexity index is 310. The lowest BCUT2D eigenvalue weighted by molar-refractivity contribution is 0.141. The SMILES string of the molecule is Cn1nc(C(F)F)c(Cl)c1C(F)F. The molecule has 1 heterocycles. The number of hydrogen-bond acceptors (Lipinski definition) is 1. The summed E-state index contributed by atoms with van der Waals surface area (Å²) >= 11 is 5.28. The molecule has 0 radical (unpaired) electrons. The third-order valence-electron chi connectivity index (χ3n) is 1.47. The topological polar surface area (TPSA) is 17.8 Å². The summed E-state index contributed by atoms with van der Waals surface area (Å²) < 4.78 is 49.2. The van der Waals surface area contributed by atoms with Crippen molar-refractivity contribution in [2.45, 2.75) is 12.9 Å². The van der Waals surface area contributed by atoms with Crippen LogP contribution in [-0.4, -0.2) is 9.78 Å². The molecule has 1 rings (SSSR count). The molecule has 1 aromatic rings. The number of aryl methyl sites for hydroxylation is 1. The first-order chi connectivity index (χ1) is 5.95. The van der Waals surface area contributed by atoms with Crippen LogP contribution in [0.25, 0.3) is 0 Å². The highest BCUT2D eigenvalue weighted by Gasteiger charge is 2.26. The van der Waals surface area contributed by atoms with Gasteiger partial charge in [0.2, 0.25) is 0 Å². The van der Waals surface area contributed by atoms with Gasteiger partial charge in [-0.25, -0.2) is 17.6 Å². The molecule has 0 aliphatic rings. The minimum atomic E-state index is -2.94. The van der Waals surface area contributed by atoms with Gasteiger partial charge in [-0.2, -0.15) is 5.10 Å². The molecule has 0 atom stereocenters. The van der Waals surface area contributed by atoms with Gasteiger partial charge in [-0.05, 0) is 0 Å². The zero-order valence-electron chi connectivity index (χ0n) is 6.44. The number of rotatable bonds is 2. The number of nitrogens with zero attached hydrogens (tertiary/aromatic N) is 2. The summed E-state index contributed by atoms with van der Waals surface area (Å²) in [5, 5.41) is 2.53. The van der Waals surface area contributed by atoms with Gasteiger partial charge >= 0.3 is 0 Å². The lowest BCUT2D eigenvalue weighted by Gasteiger charge is -1.98. The second-order valence-corrected chi connectivity index (χ2v) is 2.69. The van der Waals surface area contributed by atoms with Crippen LogP contribution in [0.2, 0.25) is 5.02 Å². The van der Waals surface area contributed by atoms with E-state index in [9.17, 15) is 17.6 Å². The molecule has 0 aliphatic heterocycles. The normalized spacial score (nSPS) is 11.7. The molecule has 0 saturated carbocycles. The maximum atomic E-state index is 12.2. The Morgan fingerprint density at radius 1 is 1.23 bits per heavy atom. The summed E-state index contributed by atoms with van der Waals surface area (Å²) in [5.74, 6) is 0. The minimum Gasteiger partial charge on any atom is -0.265 e. The Labute approximate surface area is 76.1 Å². The van der Waals surface area contributed by atoms with Gasteiger partial charge in [-0.3, -0.25) is 4.68 Å². The van der Waals surface area contributed by atoms with Gasteiger partial charge in [0.15, 0.2) is 0 Å². The largest absolute Gasteiger partial charge is 0.283 e. The van der Waals surface area contributed by atoms with Crippen LogP contribution in [0.15, 0.2) is 0 Å². The van der Waals surface area contributed by atoms with Gasteiger partial charge in [-0.1, -0.05) is 11.6 Å². The number of halogens is 5. The van der Waals surface area contributed by atoms with E-state index in [4.69, 9.17) is 11.6 Å². The highest BCUT2D eigenvalue weighted by atomic mass is 35.5. The van der Waals surface area contributed by atoms with Gasteiger partial charge in [0, 0.05) is 7.05 Å². The molecule has 74 valence electrons. The van der Waals surface area contributed by atoms with E-state index in [2.05, 4.69) is 5.10 Å². The fraction of sp³-hybridized carbons (Fsp3) is 0.500. The van der Waals surface area contributed by atoms with Gasteiger partial charge in [0.25, 0.3) is 12.9 Å². The maximum absolute atomic E-state index is 12.2. The molecule has 0 fully saturated rings.